The Morgan fingerprint density at radius 2 is 2.20 bits per heavy atom. The van der Waals surface area contributed by atoms with E-state index in [1.807, 2.05) is 0 Å². The highest BCUT2D eigenvalue weighted by molar-refractivity contribution is 7.79. The minimum Gasteiger partial charge on any atom is -0.455 e. The van der Waals surface area contributed by atoms with Crippen molar-refractivity contribution in [2.75, 3.05) is 26.2 Å². The Hall–Kier alpha value is -0.940. The molecule has 0 aliphatic carbocycles. The number of piperazine rings is 1. The molecule has 1 aliphatic rings. The zero-order valence-electron chi connectivity index (χ0n) is 8.40. The first kappa shape index (κ1) is 10.6. The molecule has 1 fully saturated rings. The van der Waals surface area contributed by atoms with E-state index in [0.717, 1.165) is 31.9 Å². The average Bonchev–Trinajstić information content (AvgIpc) is 2.78. The van der Waals surface area contributed by atoms with E-state index in [1.54, 1.807) is 17.0 Å². The van der Waals surface area contributed by atoms with Crippen molar-refractivity contribution < 1.29 is 9.21 Å². The number of hydrogen-bond donors (Lipinski definition) is 2. The van der Waals surface area contributed by atoms with Crippen molar-refractivity contribution >= 4 is 18.5 Å². The second kappa shape index (κ2) is 4.72. The molecule has 4 nitrogen and oxygen atoms in total. The number of nitrogens with one attached hydrogen (secondary N) is 1. The van der Waals surface area contributed by atoms with Crippen LogP contribution in [0.5, 0.6) is 0 Å². The van der Waals surface area contributed by atoms with Crippen LogP contribution in [0.4, 0.5) is 0 Å². The molecule has 0 unspecified atom stereocenters. The summed E-state index contributed by atoms with van der Waals surface area (Å²) in [5.74, 6) is 1.65. The molecule has 2 heterocycles. The van der Waals surface area contributed by atoms with Gasteiger partial charge in [-0.15, -0.1) is 0 Å². The van der Waals surface area contributed by atoms with Crippen LogP contribution in [0.1, 0.15) is 16.3 Å². The Morgan fingerprint density at radius 1 is 1.47 bits per heavy atom. The van der Waals surface area contributed by atoms with Crippen molar-refractivity contribution in [1.29, 1.82) is 0 Å². The predicted octanol–water partition coefficient (Wildman–Crippen LogP) is 0.755. The fourth-order valence-corrected chi connectivity index (χ4v) is 1.77. The minimum atomic E-state index is -0.0236. The zero-order chi connectivity index (χ0) is 10.7. The van der Waals surface area contributed by atoms with Gasteiger partial charge in [0.15, 0.2) is 5.76 Å². The van der Waals surface area contributed by atoms with E-state index in [-0.39, 0.29) is 5.91 Å². The third-order valence-corrected chi connectivity index (χ3v) is 2.74. The van der Waals surface area contributed by atoms with Crippen LogP contribution in [0, 0.1) is 0 Å². The summed E-state index contributed by atoms with van der Waals surface area (Å²) in [6, 6.07) is 3.51. The average molecular weight is 226 g/mol. The van der Waals surface area contributed by atoms with Crippen molar-refractivity contribution in [3.8, 4) is 0 Å². The molecule has 0 aromatic carbocycles. The standard InChI is InChI=1S/C10H14N2O2S/c13-10(12-5-3-11-4-6-12)9-2-1-8(7-15)14-9/h1-2,11,15H,3-7H2. The number of hydrogen-bond acceptors (Lipinski definition) is 4. The third-order valence-electron chi connectivity index (χ3n) is 2.43. The van der Waals surface area contributed by atoms with Gasteiger partial charge >= 0.3 is 0 Å². The van der Waals surface area contributed by atoms with Gasteiger partial charge in [-0.1, -0.05) is 0 Å². The molecule has 5 heteroatoms. The Labute approximate surface area is 94.0 Å². The van der Waals surface area contributed by atoms with E-state index >= 15 is 0 Å². The Kier molecular flexibility index (Phi) is 3.33. The Balaban J connectivity index is 2.05. The molecule has 1 aromatic rings. The predicted molar refractivity (Wildman–Crippen MR) is 60.2 cm³/mol. The third kappa shape index (κ3) is 2.35. The summed E-state index contributed by atoms with van der Waals surface area (Å²) in [6.07, 6.45) is 0. The molecule has 1 aromatic heterocycles. The van der Waals surface area contributed by atoms with Gasteiger partial charge in [-0.2, -0.15) is 12.6 Å². The number of rotatable bonds is 2. The summed E-state index contributed by atoms with van der Waals surface area (Å²) in [5.41, 5.74) is 0. The lowest BCUT2D eigenvalue weighted by atomic mass is 10.3. The van der Waals surface area contributed by atoms with Gasteiger partial charge in [-0.25, -0.2) is 0 Å². The molecular weight excluding hydrogens is 212 g/mol. The summed E-state index contributed by atoms with van der Waals surface area (Å²) < 4.78 is 5.36. The van der Waals surface area contributed by atoms with Gasteiger partial charge in [0.1, 0.15) is 5.76 Å². The first-order valence-electron chi connectivity index (χ1n) is 5.01. The van der Waals surface area contributed by atoms with Gasteiger partial charge in [0.25, 0.3) is 5.91 Å². The first-order chi connectivity index (χ1) is 7.31. The van der Waals surface area contributed by atoms with E-state index in [2.05, 4.69) is 17.9 Å². The van der Waals surface area contributed by atoms with Crippen molar-refractivity contribution in [2.45, 2.75) is 5.75 Å². The maximum absolute atomic E-state index is 11.9. The van der Waals surface area contributed by atoms with Crippen LogP contribution in [-0.2, 0) is 5.75 Å². The number of amides is 1. The molecule has 15 heavy (non-hydrogen) atoms. The highest BCUT2D eigenvalue weighted by atomic mass is 32.1. The van der Waals surface area contributed by atoms with Crippen LogP contribution in [0.2, 0.25) is 0 Å². The van der Waals surface area contributed by atoms with Crippen LogP contribution in [0.25, 0.3) is 0 Å². The molecule has 1 N–H and O–H groups in total. The van der Waals surface area contributed by atoms with Crippen molar-refractivity contribution in [1.82, 2.24) is 10.2 Å². The quantitative estimate of drug-likeness (QED) is 0.732. The van der Waals surface area contributed by atoms with Gasteiger partial charge in [0.2, 0.25) is 0 Å². The zero-order valence-corrected chi connectivity index (χ0v) is 9.30. The van der Waals surface area contributed by atoms with Crippen molar-refractivity contribution in [3.05, 3.63) is 23.7 Å². The van der Waals surface area contributed by atoms with Crippen LogP contribution in [0.3, 0.4) is 0 Å². The van der Waals surface area contributed by atoms with Crippen molar-refractivity contribution in [3.63, 3.8) is 0 Å². The topological polar surface area (TPSA) is 45.5 Å². The lowest BCUT2D eigenvalue weighted by Gasteiger charge is -2.26. The van der Waals surface area contributed by atoms with E-state index < -0.39 is 0 Å². The van der Waals surface area contributed by atoms with E-state index in [4.69, 9.17) is 4.42 Å². The molecule has 0 bridgehead atoms. The first-order valence-corrected chi connectivity index (χ1v) is 5.64. The van der Waals surface area contributed by atoms with Gasteiger partial charge in [0, 0.05) is 31.9 Å². The second-order valence-electron chi connectivity index (χ2n) is 3.47. The molecule has 1 saturated heterocycles. The highest BCUT2D eigenvalue weighted by Gasteiger charge is 2.20. The molecule has 0 radical (unpaired) electrons. The number of nitrogens with zero attached hydrogens (tertiary/aromatic N) is 1. The lowest BCUT2D eigenvalue weighted by molar-refractivity contribution is 0.0702. The van der Waals surface area contributed by atoms with Crippen LogP contribution in [-0.4, -0.2) is 37.0 Å². The maximum atomic E-state index is 11.9. The monoisotopic (exact) mass is 226 g/mol. The van der Waals surface area contributed by atoms with Gasteiger partial charge in [0.05, 0.1) is 0 Å². The fourth-order valence-electron chi connectivity index (χ4n) is 1.60. The van der Waals surface area contributed by atoms with E-state index in [0.29, 0.717) is 11.5 Å². The molecule has 1 amide bonds. The molecule has 2 rings (SSSR count). The fraction of sp³-hybridized carbons (Fsp3) is 0.500. The van der Waals surface area contributed by atoms with Gasteiger partial charge < -0.3 is 14.6 Å². The van der Waals surface area contributed by atoms with Crippen LogP contribution < -0.4 is 5.32 Å². The molecule has 82 valence electrons. The summed E-state index contributed by atoms with van der Waals surface area (Å²) in [7, 11) is 0. The van der Waals surface area contributed by atoms with Gasteiger partial charge in [-0.05, 0) is 12.1 Å². The van der Waals surface area contributed by atoms with Crippen molar-refractivity contribution in [2.24, 2.45) is 0 Å². The number of carbonyl (C=O) groups is 1. The second-order valence-corrected chi connectivity index (χ2v) is 3.78. The number of furan rings is 1. The summed E-state index contributed by atoms with van der Waals surface area (Å²) in [5, 5.41) is 3.20. The van der Waals surface area contributed by atoms with Crippen LogP contribution >= 0.6 is 12.6 Å². The van der Waals surface area contributed by atoms with E-state index in [1.165, 1.54) is 0 Å². The van der Waals surface area contributed by atoms with Crippen LogP contribution in [0.15, 0.2) is 16.5 Å². The summed E-state index contributed by atoms with van der Waals surface area (Å²) >= 11 is 4.09. The molecule has 0 saturated carbocycles. The molecule has 0 spiro atoms. The summed E-state index contributed by atoms with van der Waals surface area (Å²) in [6.45, 7) is 3.20. The largest absolute Gasteiger partial charge is 0.455 e. The lowest BCUT2D eigenvalue weighted by Crippen LogP contribution is -2.46. The molecular formula is C10H14N2O2S. The van der Waals surface area contributed by atoms with Gasteiger partial charge in [-0.3, -0.25) is 4.79 Å². The number of thiol groups is 1. The normalized spacial score (nSPS) is 16.7. The summed E-state index contributed by atoms with van der Waals surface area (Å²) in [4.78, 5) is 13.7. The SMILES string of the molecule is O=C(c1ccc(CS)o1)N1CCNCC1. The highest BCUT2D eigenvalue weighted by Crippen LogP contribution is 2.12. The van der Waals surface area contributed by atoms with E-state index in [9.17, 15) is 4.79 Å². The minimum absolute atomic E-state index is 0.0236. The smallest absolute Gasteiger partial charge is 0.289 e. The maximum Gasteiger partial charge on any atom is 0.289 e. The molecule has 1 aliphatic heterocycles. The molecule has 0 atom stereocenters. The Bertz CT molecular complexity index is 345. The Morgan fingerprint density at radius 3 is 2.80 bits per heavy atom. The number of carbonyl (C=O) groups excluding carboxylic acids is 1.